The lowest BCUT2D eigenvalue weighted by molar-refractivity contribution is -0.253. The van der Waals surface area contributed by atoms with Gasteiger partial charge in [-0.05, 0) is 36.9 Å². The minimum atomic E-state index is -5.34. The molecule has 0 radical (unpaired) electrons. The third-order valence-electron chi connectivity index (χ3n) is 3.86. The molecule has 1 aliphatic rings. The van der Waals surface area contributed by atoms with E-state index in [1.807, 2.05) is 0 Å². The Morgan fingerprint density at radius 3 is 2.00 bits per heavy atom. The van der Waals surface area contributed by atoms with Crippen molar-refractivity contribution in [2.45, 2.75) is 50.0 Å². The fraction of sp³-hybridized carbons (Fsp3) is 0.600. The highest BCUT2D eigenvalue weighted by Crippen LogP contribution is 2.46. The monoisotopic (exact) mass is 325 g/mol. The van der Waals surface area contributed by atoms with Crippen LogP contribution in [0.1, 0.15) is 36.3 Å². The van der Waals surface area contributed by atoms with Crippen molar-refractivity contribution < 1.29 is 26.3 Å². The van der Waals surface area contributed by atoms with Crippen molar-refractivity contribution in [1.29, 1.82) is 0 Å². The zero-order chi connectivity index (χ0) is 16.4. The van der Waals surface area contributed by atoms with Gasteiger partial charge in [0.25, 0.3) is 0 Å². The normalized spacial score (nSPS) is 20.4. The van der Waals surface area contributed by atoms with E-state index in [1.165, 1.54) is 12.1 Å². The van der Waals surface area contributed by atoms with Crippen LogP contribution in [0.4, 0.5) is 26.3 Å². The quantitative estimate of drug-likeness (QED) is 0.802. The minimum absolute atomic E-state index is 0.237. The molecule has 1 unspecified atom stereocenters. The molecule has 0 aromatic heterocycles. The Balaban J connectivity index is 2.12. The average molecular weight is 325 g/mol. The SMILES string of the molecule is FC(F)(F)C(c1ccc(CC2CCCCN2)cc1)C(F)(F)F. The predicted molar refractivity (Wildman–Crippen MR) is 70.6 cm³/mol. The molecular formula is C15H17F6N. The molecule has 22 heavy (non-hydrogen) atoms. The van der Waals surface area contributed by atoms with Gasteiger partial charge in [0.15, 0.2) is 5.92 Å². The van der Waals surface area contributed by atoms with Crippen molar-refractivity contribution in [2.75, 3.05) is 6.54 Å². The van der Waals surface area contributed by atoms with E-state index in [2.05, 4.69) is 5.32 Å². The third kappa shape index (κ3) is 4.38. The fourth-order valence-corrected chi connectivity index (χ4v) is 2.79. The van der Waals surface area contributed by atoms with Crippen LogP contribution in [0.25, 0.3) is 0 Å². The van der Waals surface area contributed by atoms with Gasteiger partial charge in [0, 0.05) is 6.04 Å². The van der Waals surface area contributed by atoms with Gasteiger partial charge in [0.1, 0.15) is 0 Å². The average Bonchev–Trinajstić information content (AvgIpc) is 2.39. The van der Waals surface area contributed by atoms with Crippen molar-refractivity contribution in [1.82, 2.24) is 5.32 Å². The molecule has 124 valence electrons. The number of halogens is 6. The summed E-state index contributed by atoms with van der Waals surface area (Å²) in [7, 11) is 0. The first kappa shape index (κ1) is 17.1. The van der Waals surface area contributed by atoms with E-state index in [4.69, 9.17) is 0 Å². The van der Waals surface area contributed by atoms with E-state index >= 15 is 0 Å². The van der Waals surface area contributed by atoms with E-state index in [1.54, 1.807) is 0 Å². The highest BCUT2D eigenvalue weighted by atomic mass is 19.4. The molecule has 1 aliphatic heterocycles. The van der Waals surface area contributed by atoms with E-state index in [9.17, 15) is 26.3 Å². The molecule has 0 spiro atoms. The second-order valence-electron chi connectivity index (χ2n) is 5.61. The van der Waals surface area contributed by atoms with Crippen LogP contribution in [-0.4, -0.2) is 24.9 Å². The Morgan fingerprint density at radius 2 is 1.55 bits per heavy atom. The van der Waals surface area contributed by atoms with Crippen LogP contribution < -0.4 is 5.32 Å². The summed E-state index contributed by atoms with van der Waals surface area (Å²) < 4.78 is 75.9. The maximum absolute atomic E-state index is 12.6. The first-order valence-electron chi connectivity index (χ1n) is 7.13. The molecule has 2 rings (SSSR count). The maximum atomic E-state index is 12.6. The van der Waals surface area contributed by atoms with Gasteiger partial charge in [0.2, 0.25) is 0 Å². The van der Waals surface area contributed by atoms with Crippen molar-refractivity contribution in [2.24, 2.45) is 0 Å². The number of hydrogen-bond acceptors (Lipinski definition) is 1. The second-order valence-corrected chi connectivity index (χ2v) is 5.61. The first-order chi connectivity index (χ1) is 10.2. The zero-order valence-electron chi connectivity index (χ0n) is 11.8. The highest BCUT2D eigenvalue weighted by Gasteiger charge is 2.57. The fourth-order valence-electron chi connectivity index (χ4n) is 2.79. The van der Waals surface area contributed by atoms with Crippen LogP contribution in [0.3, 0.4) is 0 Å². The maximum Gasteiger partial charge on any atom is 0.404 e. The Labute approximate surface area is 124 Å². The molecule has 1 fully saturated rings. The van der Waals surface area contributed by atoms with Crippen LogP contribution >= 0.6 is 0 Å². The lowest BCUT2D eigenvalue weighted by Gasteiger charge is -2.25. The summed E-state index contributed by atoms with van der Waals surface area (Å²) in [6, 6.07) is 4.82. The van der Waals surface area contributed by atoms with Crippen LogP contribution in [0, 0.1) is 0 Å². The molecule has 1 nitrogen and oxygen atoms in total. The topological polar surface area (TPSA) is 12.0 Å². The third-order valence-corrected chi connectivity index (χ3v) is 3.86. The Hall–Kier alpha value is -1.24. The zero-order valence-corrected chi connectivity index (χ0v) is 11.8. The van der Waals surface area contributed by atoms with E-state index in [-0.39, 0.29) is 6.04 Å². The van der Waals surface area contributed by atoms with Crippen molar-refractivity contribution >= 4 is 0 Å². The lowest BCUT2D eigenvalue weighted by Crippen LogP contribution is -2.35. The van der Waals surface area contributed by atoms with Gasteiger partial charge >= 0.3 is 12.4 Å². The number of nitrogens with one attached hydrogen (secondary N) is 1. The molecule has 1 saturated heterocycles. The van der Waals surface area contributed by atoms with E-state index in [0.29, 0.717) is 6.42 Å². The Bertz CT molecular complexity index is 456. The molecule has 1 aromatic carbocycles. The summed E-state index contributed by atoms with van der Waals surface area (Å²) >= 11 is 0. The molecule has 0 saturated carbocycles. The van der Waals surface area contributed by atoms with Gasteiger partial charge in [-0.25, -0.2) is 0 Å². The van der Waals surface area contributed by atoms with Crippen molar-refractivity contribution in [3.8, 4) is 0 Å². The summed E-state index contributed by atoms with van der Waals surface area (Å²) in [4.78, 5) is 0. The molecule has 1 heterocycles. The number of benzene rings is 1. The van der Waals surface area contributed by atoms with Crippen LogP contribution in [0.2, 0.25) is 0 Å². The van der Waals surface area contributed by atoms with Crippen LogP contribution in [0.15, 0.2) is 24.3 Å². The minimum Gasteiger partial charge on any atom is -0.314 e. The van der Waals surface area contributed by atoms with Crippen molar-refractivity contribution in [3.63, 3.8) is 0 Å². The van der Waals surface area contributed by atoms with Gasteiger partial charge in [-0.1, -0.05) is 30.7 Å². The summed E-state index contributed by atoms with van der Waals surface area (Å²) in [5.41, 5.74) is -0.0217. The predicted octanol–water partition coefficient (Wildman–Crippen LogP) is 4.58. The molecular weight excluding hydrogens is 308 g/mol. The Morgan fingerprint density at radius 1 is 0.955 bits per heavy atom. The summed E-state index contributed by atoms with van der Waals surface area (Å²) in [6.45, 7) is 0.896. The summed E-state index contributed by atoms with van der Waals surface area (Å²) in [6.07, 6.45) is -6.93. The molecule has 0 aliphatic carbocycles. The Kier molecular flexibility index (Phi) is 5.04. The largest absolute Gasteiger partial charge is 0.404 e. The first-order valence-corrected chi connectivity index (χ1v) is 7.13. The van der Waals surface area contributed by atoms with Gasteiger partial charge in [-0.15, -0.1) is 0 Å². The number of rotatable bonds is 3. The molecule has 1 atom stereocenters. The molecule has 1 aromatic rings. The number of piperidine rings is 1. The van der Waals surface area contributed by atoms with Gasteiger partial charge in [-0.2, -0.15) is 26.3 Å². The molecule has 0 amide bonds. The van der Waals surface area contributed by atoms with Crippen molar-refractivity contribution in [3.05, 3.63) is 35.4 Å². The van der Waals surface area contributed by atoms with Crippen LogP contribution in [0.5, 0.6) is 0 Å². The van der Waals surface area contributed by atoms with Crippen LogP contribution in [-0.2, 0) is 6.42 Å². The summed E-state index contributed by atoms with van der Waals surface area (Å²) in [5.74, 6) is -3.43. The van der Waals surface area contributed by atoms with Gasteiger partial charge in [0.05, 0.1) is 0 Å². The number of alkyl halides is 6. The van der Waals surface area contributed by atoms with Gasteiger partial charge in [-0.3, -0.25) is 0 Å². The number of hydrogen-bond donors (Lipinski definition) is 1. The standard InChI is InChI=1S/C15H17F6N/c16-14(17,18)13(15(19,20)21)11-6-4-10(5-7-11)9-12-3-1-2-8-22-12/h4-7,12-13,22H,1-3,8-9H2. The molecule has 0 bridgehead atoms. The van der Waals surface area contributed by atoms with E-state index in [0.717, 1.165) is 43.5 Å². The lowest BCUT2D eigenvalue weighted by atomic mass is 9.93. The molecule has 1 N–H and O–H groups in total. The smallest absolute Gasteiger partial charge is 0.314 e. The summed E-state index contributed by atoms with van der Waals surface area (Å²) in [5, 5.41) is 3.29. The highest BCUT2D eigenvalue weighted by molar-refractivity contribution is 5.28. The van der Waals surface area contributed by atoms with Gasteiger partial charge < -0.3 is 5.32 Å². The van der Waals surface area contributed by atoms with E-state index < -0.39 is 23.8 Å². The molecule has 7 heteroatoms. The second kappa shape index (κ2) is 6.48.